The van der Waals surface area contributed by atoms with Crippen LogP contribution in [0.25, 0.3) is 5.57 Å². The number of allylic oxidation sites excluding steroid dienone is 2. The van der Waals surface area contributed by atoms with Gasteiger partial charge in [-0.25, -0.2) is 17.9 Å². The zero-order valence-corrected chi connectivity index (χ0v) is 22.8. The SMILES string of the molecule is CSCC[C@H](NC(=O)C1=C(c2ccccc2C)C=C(CS(=O)(=O)NCC2CCCCC2)CC1)C(=O)O. The third-order valence-electron chi connectivity index (χ3n) is 6.99. The summed E-state index contributed by atoms with van der Waals surface area (Å²) >= 11 is 1.53. The minimum absolute atomic E-state index is 0.102. The lowest BCUT2D eigenvalue weighted by atomic mass is 9.86. The largest absolute Gasteiger partial charge is 0.480 e. The number of carboxylic acids is 1. The number of nitrogens with one attached hydrogen (secondary N) is 2. The van der Waals surface area contributed by atoms with E-state index in [-0.39, 0.29) is 5.75 Å². The number of hydrogen-bond acceptors (Lipinski definition) is 5. The molecule has 3 N–H and O–H groups in total. The number of aryl methyl sites for hydroxylation is 1. The van der Waals surface area contributed by atoms with E-state index in [2.05, 4.69) is 10.0 Å². The second-order valence-electron chi connectivity index (χ2n) is 9.77. The number of thioether (sulfide) groups is 1. The Labute approximate surface area is 219 Å². The average molecular weight is 535 g/mol. The maximum atomic E-state index is 13.2. The predicted octanol–water partition coefficient (Wildman–Crippen LogP) is 4.29. The third kappa shape index (κ3) is 8.21. The third-order valence-corrected chi connectivity index (χ3v) is 8.99. The first-order valence-electron chi connectivity index (χ1n) is 12.7. The van der Waals surface area contributed by atoms with Gasteiger partial charge in [-0.05, 0) is 73.7 Å². The van der Waals surface area contributed by atoms with E-state index in [1.165, 1.54) is 18.2 Å². The number of carboxylic acid groups (broad SMARTS) is 1. The van der Waals surface area contributed by atoms with Gasteiger partial charge in [-0.2, -0.15) is 11.8 Å². The molecule has 0 heterocycles. The van der Waals surface area contributed by atoms with Crippen molar-refractivity contribution in [2.75, 3.05) is 24.3 Å². The molecule has 1 saturated carbocycles. The quantitative estimate of drug-likeness (QED) is 0.369. The standard InChI is InChI=1S/C27H38N2O5S2/c1-19-8-6-7-11-22(19)24-16-21(18-36(33,34)28-17-20-9-4-3-5-10-20)12-13-23(24)26(30)29-25(27(31)32)14-15-35-2/h6-8,11,16,20,25,28H,3-5,9-10,12-15,17-18H2,1-2H3,(H,29,30)(H,31,32)/t25-/m0/s1. The van der Waals surface area contributed by atoms with Crippen molar-refractivity contribution in [1.82, 2.24) is 10.0 Å². The summed E-state index contributed by atoms with van der Waals surface area (Å²) in [6, 6.07) is 6.69. The molecule has 0 bridgehead atoms. The Hall–Kier alpha value is -2.10. The first kappa shape index (κ1) is 28.5. The van der Waals surface area contributed by atoms with Crippen LogP contribution in [-0.2, 0) is 19.6 Å². The molecule has 0 aliphatic heterocycles. The summed E-state index contributed by atoms with van der Waals surface area (Å²) in [7, 11) is -3.50. The molecular weight excluding hydrogens is 496 g/mol. The Balaban J connectivity index is 1.83. The lowest BCUT2D eigenvalue weighted by molar-refractivity contribution is -0.141. The van der Waals surface area contributed by atoms with Gasteiger partial charge in [0.2, 0.25) is 15.9 Å². The topological polar surface area (TPSA) is 113 Å². The Morgan fingerprint density at radius 2 is 1.86 bits per heavy atom. The summed E-state index contributed by atoms with van der Waals surface area (Å²) in [6.45, 7) is 2.43. The molecule has 2 aliphatic carbocycles. The summed E-state index contributed by atoms with van der Waals surface area (Å²) < 4.78 is 28.5. The van der Waals surface area contributed by atoms with Crippen LogP contribution in [-0.4, -0.2) is 55.7 Å². The second-order valence-corrected chi connectivity index (χ2v) is 12.6. The molecule has 2 aliphatic rings. The van der Waals surface area contributed by atoms with Gasteiger partial charge in [0.05, 0.1) is 5.75 Å². The maximum absolute atomic E-state index is 13.2. The predicted molar refractivity (Wildman–Crippen MR) is 146 cm³/mol. The molecule has 0 radical (unpaired) electrons. The highest BCUT2D eigenvalue weighted by Gasteiger charge is 2.27. The van der Waals surface area contributed by atoms with Crippen molar-refractivity contribution in [2.24, 2.45) is 5.92 Å². The van der Waals surface area contributed by atoms with E-state index in [0.29, 0.717) is 48.6 Å². The number of amides is 1. The minimum Gasteiger partial charge on any atom is -0.480 e. The highest BCUT2D eigenvalue weighted by molar-refractivity contribution is 7.98. The number of benzene rings is 1. The van der Waals surface area contributed by atoms with Crippen LogP contribution in [0.15, 0.2) is 41.5 Å². The van der Waals surface area contributed by atoms with Crippen LogP contribution in [0.2, 0.25) is 0 Å². The average Bonchev–Trinajstić information content (AvgIpc) is 2.85. The fourth-order valence-corrected chi connectivity index (χ4v) is 6.70. The smallest absolute Gasteiger partial charge is 0.326 e. The van der Waals surface area contributed by atoms with Crippen molar-refractivity contribution in [1.29, 1.82) is 0 Å². The van der Waals surface area contributed by atoms with Gasteiger partial charge in [-0.3, -0.25) is 4.79 Å². The van der Waals surface area contributed by atoms with Crippen LogP contribution in [0.4, 0.5) is 0 Å². The Bertz CT molecular complexity index is 1100. The summed E-state index contributed by atoms with van der Waals surface area (Å²) in [5, 5.41) is 12.3. The number of aliphatic carboxylic acids is 1. The number of carbonyl (C=O) groups is 2. The molecule has 0 spiro atoms. The molecule has 1 aromatic rings. The van der Waals surface area contributed by atoms with Gasteiger partial charge in [0.25, 0.3) is 0 Å². The fraction of sp³-hybridized carbons (Fsp3) is 0.556. The van der Waals surface area contributed by atoms with E-state index >= 15 is 0 Å². The lowest BCUT2D eigenvalue weighted by Gasteiger charge is -2.24. The molecule has 0 saturated heterocycles. The molecule has 3 rings (SSSR count). The zero-order valence-electron chi connectivity index (χ0n) is 21.2. The van der Waals surface area contributed by atoms with Crippen LogP contribution in [0, 0.1) is 12.8 Å². The van der Waals surface area contributed by atoms with Crippen LogP contribution < -0.4 is 10.0 Å². The van der Waals surface area contributed by atoms with E-state index in [9.17, 15) is 23.1 Å². The first-order chi connectivity index (χ1) is 17.2. The van der Waals surface area contributed by atoms with Gasteiger partial charge in [0, 0.05) is 12.1 Å². The summed E-state index contributed by atoms with van der Waals surface area (Å²) in [5.41, 5.74) is 3.73. The number of rotatable bonds is 12. The molecule has 7 nitrogen and oxygen atoms in total. The van der Waals surface area contributed by atoms with Gasteiger partial charge in [0.15, 0.2) is 0 Å². The second kappa shape index (κ2) is 13.4. The maximum Gasteiger partial charge on any atom is 0.326 e. The molecule has 1 fully saturated rings. The summed E-state index contributed by atoms with van der Waals surface area (Å²) in [6.07, 6.45) is 10.5. The van der Waals surface area contributed by atoms with Crippen molar-refractivity contribution in [2.45, 2.75) is 64.3 Å². The number of hydrogen-bond donors (Lipinski definition) is 3. The summed E-state index contributed by atoms with van der Waals surface area (Å²) in [5.74, 6) is -0.542. The molecule has 1 amide bonds. The van der Waals surface area contributed by atoms with Crippen LogP contribution in [0.3, 0.4) is 0 Å². The highest BCUT2D eigenvalue weighted by Crippen LogP contribution is 2.33. The highest BCUT2D eigenvalue weighted by atomic mass is 32.2. The molecule has 1 aromatic carbocycles. The van der Waals surface area contributed by atoms with Crippen LogP contribution in [0.5, 0.6) is 0 Å². The van der Waals surface area contributed by atoms with Gasteiger partial charge in [-0.15, -0.1) is 0 Å². The van der Waals surface area contributed by atoms with Crippen molar-refractivity contribution in [3.8, 4) is 0 Å². The lowest BCUT2D eigenvalue weighted by Crippen LogP contribution is -2.42. The first-order valence-corrected chi connectivity index (χ1v) is 15.7. The van der Waals surface area contributed by atoms with Crippen molar-refractivity contribution in [3.63, 3.8) is 0 Å². The Morgan fingerprint density at radius 1 is 1.14 bits per heavy atom. The van der Waals surface area contributed by atoms with E-state index < -0.39 is 27.9 Å². The molecule has 1 atom stereocenters. The van der Waals surface area contributed by atoms with E-state index in [1.54, 1.807) is 0 Å². The van der Waals surface area contributed by atoms with Crippen LogP contribution >= 0.6 is 11.8 Å². The van der Waals surface area contributed by atoms with E-state index in [0.717, 1.165) is 42.4 Å². The zero-order chi connectivity index (χ0) is 26.1. The number of sulfonamides is 1. The Kier molecular flexibility index (Phi) is 10.6. The van der Waals surface area contributed by atoms with Crippen molar-refractivity contribution in [3.05, 3.63) is 52.6 Å². The fourth-order valence-electron chi connectivity index (χ4n) is 4.92. The number of carbonyl (C=O) groups excluding carboxylic acids is 1. The Morgan fingerprint density at radius 3 is 2.53 bits per heavy atom. The van der Waals surface area contributed by atoms with E-state index in [4.69, 9.17) is 0 Å². The van der Waals surface area contributed by atoms with Gasteiger partial charge < -0.3 is 10.4 Å². The molecule has 36 heavy (non-hydrogen) atoms. The van der Waals surface area contributed by atoms with E-state index in [1.807, 2.05) is 43.5 Å². The molecule has 0 aromatic heterocycles. The minimum atomic E-state index is -3.50. The molecule has 198 valence electrons. The van der Waals surface area contributed by atoms with Gasteiger partial charge >= 0.3 is 5.97 Å². The molecule has 9 heteroatoms. The van der Waals surface area contributed by atoms with Gasteiger partial charge in [-0.1, -0.05) is 55.2 Å². The monoisotopic (exact) mass is 534 g/mol. The molecule has 0 unspecified atom stereocenters. The summed E-state index contributed by atoms with van der Waals surface area (Å²) in [4.78, 5) is 24.9. The van der Waals surface area contributed by atoms with Crippen molar-refractivity contribution >= 4 is 39.2 Å². The van der Waals surface area contributed by atoms with Crippen LogP contribution in [0.1, 0.15) is 62.5 Å². The normalized spacial score (nSPS) is 18.0. The van der Waals surface area contributed by atoms with Gasteiger partial charge in [0.1, 0.15) is 6.04 Å². The molecular formula is C27H38N2O5S2. The van der Waals surface area contributed by atoms with Crippen molar-refractivity contribution < 1.29 is 23.1 Å².